The number of para-hydroxylation sites is 2. The van der Waals surface area contributed by atoms with Crippen LogP contribution in [0.2, 0.25) is 0 Å². The second-order valence-electron chi connectivity index (χ2n) is 12.6. The zero-order chi connectivity index (χ0) is 32.3. The van der Waals surface area contributed by atoms with Gasteiger partial charge in [0, 0.05) is 32.7 Å². The second-order valence-corrected chi connectivity index (χ2v) is 12.6. The summed E-state index contributed by atoms with van der Waals surface area (Å²) in [7, 11) is 0. The molecule has 0 atom stereocenters. The molecule has 10 aromatic rings. The maximum absolute atomic E-state index is 6.38. The Bertz CT molecular complexity index is 2870. The molecule has 0 aliphatic rings. The van der Waals surface area contributed by atoms with Gasteiger partial charge in [0.1, 0.15) is 11.2 Å². The van der Waals surface area contributed by atoms with Gasteiger partial charge >= 0.3 is 0 Å². The van der Waals surface area contributed by atoms with Gasteiger partial charge in [-0.15, -0.1) is 0 Å². The molecule has 0 unspecified atom stereocenters. The third-order valence-electron chi connectivity index (χ3n) is 9.70. The first-order chi connectivity index (χ1) is 24.3. The Morgan fingerprint density at radius 2 is 0.959 bits per heavy atom. The molecule has 0 aliphatic carbocycles. The molecule has 228 valence electrons. The number of furan rings is 1. The lowest BCUT2D eigenvalue weighted by molar-refractivity contribution is 0.670. The number of fused-ring (bicyclic) bond motifs is 9. The summed E-state index contributed by atoms with van der Waals surface area (Å²) in [6.07, 6.45) is 1.91. The molecule has 3 heteroatoms. The first-order valence-corrected chi connectivity index (χ1v) is 16.6. The summed E-state index contributed by atoms with van der Waals surface area (Å²) >= 11 is 0. The monoisotopic (exact) mass is 624 g/mol. The highest BCUT2D eigenvalue weighted by molar-refractivity contribution is 6.24. The van der Waals surface area contributed by atoms with Gasteiger partial charge in [-0.2, -0.15) is 0 Å². The Hall–Kier alpha value is -6.58. The number of hydrogen-bond acceptors (Lipinski definition) is 3. The fourth-order valence-corrected chi connectivity index (χ4v) is 7.30. The van der Waals surface area contributed by atoms with Gasteiger partial charge in [-0.3, -0.25) is 4.98 Å². The van der Waals surface area contributed by atoms with E-state index < -0.39 is 0 Å². The van der Waals surface area contributed by atoms with Crippen LogP contribution >= 0.6 is 0 Å². The Balaban J connectivity index is 1.18. The number of rotatable bonds is 4. The van der Waals surface area contributed by atoms with Crippen molar-refractivity contribution in [3.63, 3.8) is 0 Å². The van der Waals surface area contributed by atoms with Crippen LogP contribution in [0.5, 0.6) is 0 Å². The minimum absolute atomic E-state index is 0.833. The second kappa shape index (κ2) is 11.0. The number of aromatic nitrogens is 2. The number of nitrogens with zero attached hydrogens (tertiary/aromatic N) is 2. The Morgan fingerprint density at radius 1 is 0.367 bits per heavy atom. The SMILES string of the molecule is c1ccc(-c2ccc3c(c2)c2cc(-c4ccccc4)ccc2c2nc(-c4cccc(-c5cccc6c5oc5ccccc56)c4)cnc32)cc1. The molecule has 2 aromatic heterocycles. The molecular weight excluding hydrogens is 597 g/mol. The number of benzene rings is 8. The van der Waals surface area contributed by atoms with Gasteiger partial charge in [-0.1, -0.05) is 140 Å². The lowest BCUT2D eigenvalue weighted by Crippen LogP contribution is -1.93. The van der Waals surface area contributed by atoms with Crippen LogP contribution in [0, 0.1) is 0 Å². The van der Waals surface area contributed by atoms with Crippen LogP contribution in [0.3, 0.4) is 0 Å². The van der Waals surface area contributed by atoms with Gasteiger partial charge in [-0.25, -0.2) is 4.98 Å². The molecule has 0 radical (unpaired) electrons. The zero-order valence-corrected chi connectivity index (χ0v) is 26.5. The average Bonchev–Trinajstić information content (AvgIpc) is 3.57. The highest BCUT2D eigenvalue weighted by Crippen LogP contribution is 2.40. The highest BCUT2D eigenvalue weighted by Gasteiger charge is 2.16. The largest absolute Gasteiger partial charge is 0.455 e. The minimum atomic E-state index is 0.833. The van der Waals surface area contributed by atoms with Crippen LogP contribution in [-0.4, -0.2) is 9.97 Å². The molecule has 10 rings (SSSR count). The maximum atomic E-state index is 6.38. The van der Waals surface area contributed by atoms with Crippen LogP contribution in [0.1, 0.15) is 0 Å². The molecule has 8 aromatic carbocycles. The molecule has 49 heavy (non-hydrogen) atoms. The van der Waals surface area contributed by atoms with Crippen molar-refractivity contribution < 1.29 is 4.42 Å². The highest BCUT2D eigenvalue weighted by atomic mass is 16.3. The third-order valence-corrected chi connectivity index (χ3v) is 9.70. The van der Waals surface area contributed by atoms with Crippen molar-refractivity contribution in [1.82, 2.24) is 9.97 Å². The van der Waals surface area contributed by atoms with Gasteiger partial charge < -0.3 is 4.42 Å². The summed E-state index contributed by atoms with van der Waals surface area (Å²) in [5.41, 5.74) is 12.3. The summed E-state index contributed by atoms with van der Waals surface area (Å²) < 4.78 is 6.38. The Labute approximate surface area is 282 Å². The summed E-state index contributed by atoms with van der Waals surface area (Å²) in [5, 5.41) is 6.76. The molecule has 0 N–H and O–H groups in total. The van der Waals surface area contributed by atoms with E-state index in [1.807, 2.05) is 18.3 Å². The van der Waals surface area contributed by atoms with Crippen molar-refractivity contribution in [3.8, 4) is 44.6 Å². The van der Waals surface area contributed by atoms with Gasteiger partial charge in [0.25, 0.3) is 0 Å². The van der Waals surface area contributed by atoms with Crippen molar-refractivity contribution >= 4 is 54.5 Å². The summed E-state index contributed by atoms with van der Waals surface area (Å²) in [5.74, 6) is 0. The van der Waals surface area contributed by atoms with E-state index in [0.717, 1.165) is 66.1 Å². The predicted octanol–water partition coefficient (Wildman–Crippen LogP) is 12.5. The fraction of sp³-hybridized carbons (Fsp3) is 0. The summed E-state index contributed by atoms with van der Waals surface area (Å²) in [6.45, 7) is 0. The van der Waals surface area contributed by atoms with E-state index in [1.54, 1.807) is 0 Å². The summed E-state index contributed by atoms with van der Waals surface area (Å²) in [4.78, 5) is 10.5. The summed E-state index contributed by atoms with van der Waals surface area (Å²) in [6, 6.07) is 57.7. The van der Waals surface area contributed by atoms with E-state index >= 15 is 0 Å². The molecule has 0 fully saturated rings. The normalized spacial score (nSPS) is 11.7. The van der Waals surface area contributed by atoms with Crippen LogP contribution < -0.4 is 0 Å². The average molecular weight is 625 g/mol. The van der Waals surface area contributed by atoms with Crippen molar-refractivity contribution in [2.45, 2.75) is 0 Å². The van der Waals surface area contributed by atoms with Crippen molar-refractivity contribution in [1.29, 1.82) is 0 Å². The lowest BCUT2D eigenvalue weighted by atomic mass is 9.93. The molecule has 0 aliphatic heterocycles. The molecule has 3 nitrogen and oxygen atoms in total. The zero-order valence-electron chi connectivity index (χ0n) is 26.5. The smallest absolute Gasteiger partial charge is 0.143 e. The molecule has 0 bridgehead atoms. The molecule has 0 amide bonds. The van der Waals surface area contributed by atoms with E-state index in [0.29, 0.717) is 0 Å². The van der Waals surface area contributed by atoms with Crippen LogP contribution in [0.25, 0.3) is 99.2 Å². The lowest BCUT2D eigenvalue weighted by Gasteiger charge is -2.14. The van der Waals surface area contributed by atoms with E-state index in [9.17, 15) is 0 Å². The topological polar surface area (TPSA) is 38.9 Å². The van der Waals surface area contributed by atoms with Gasteiger partial charge in [0.2, 0.25) is 0 Å². The standard InChI is InChI=1S/C46H28N2O/c1-3-11-29(12-4-1)31-21-23-37-40(26-31)41-27-32(30-13-5-2-6-14-30)22-24-38(41)45-44(37)47-28-42(48-45)34-16-9-15-33(25-34)35-18-10-19-39-36-17-7-8-20-43(36)49-46(35)39/h1-28H. The molecule has 0 spiro atoms. The first-order valence-electron chi connectivity index (χ1n) is 16.6. The van der Waals surface area contributed by atoms with E-state index in [4.69, 9.17) is 14.4 Å². The Morgan fingerprint density at radius 3 is 1.69 bits per heavy atom. The predicted molar refractivity (Wildman–Crippen MR) is 204 cm³/mol. The molecular formula is C46H28N2O. The maximum Gasteiger partial charge on any atom is 0.143 e. The van der Waals surface area contributed by atoms with Crippen molar-refractivity contribution in [2.24, 2.45) is 0 Å². The number of hydrogen-bond donors (Lipinski definition) is 0. The van der Waals surface area contributed by atoms with Gasteiger partial charge in [-0.05, 0) is 62.9 Å². The Kier molecular flexibility index (Phi) is 6.18. The third kappa shape index (κ3) is 4.51. The van der Waals surface area contributed by atoms with E-state index in [2.05, 4.69) is 152 Å². The van der Waals surface area contributed by atoms with Crippen LogP contribution in [-0.2, 0) is 0 Å². The quantitative estimate of drug-likeness (QED) is 0.183. The fourth-order valence-electron chi connectivity index (χ4n) is 7.30. The minimum Gasteiger partial charge on any atom is -0.455 e. The first kappa shape index (κ1) is 27.5. The molecule has 0 saturated carbocycles. The molecule has 0 saturated heterocycles. The van der Waals surface area contributed by atoms with Gasteiger partial charge in [0.15, 0.2) is 0 Å². The van der Waals surface area contributed by atoms with Crippen LogP contribution in [0.4, 0.5) is 0 Å². The van der Waals surface area contributed by atoms with Gasteiger partial charge in [0.05, 0.1) is 22.9 Å². The van der Waals surface area contributed by atoms with E-state index in [1.165, 1.54) is 33.0 Å². The van der Waals surface area contributed by atoms with E-state index in [-0.39, 0.29) is 0 Å². The van der Waals surface area contributed by atoms with Crippen LogP contribution in [0.15, 0.2) is 174 Å². The van der Waals surface area contributed by atoms with Crippen molar-refractivity contribution in [3.05, 3.63) is 170 Å². The van der Waals surface area contributed by atoms with Crippen molar-refractivity contribution in [2.75, 3.05) is 0 Å². The molecule has 2 heterocycles.